The number of esters is 1. The van der Waals surface area contributed by atoms with Gasteiger partial charge in [-0.25, -0.2) is 0 Å². The molecule has 1 unspecified atom stereocenters. The van der Waals surface area contributed by atoms with Crippen LogP contribution in [0.1, 0.15) is 27.2 Å². The van der Waals surface area contributed by atoms with Crippen molar-refractivity contribution in [2.24, 2.45) is 17.8 Å². The molecule has 3 heterocycles. The molecule has 1 N–H and O–H groups in total. The molecule has 1 aromatic rings. The molecule has 3 aliphatic rings. The van der Waals surface area contributed by atoms with Crippen molar-refractivity contribution in [1.82, 2.24) is 4.90 Å². The molecule has 4 rings (SSSR count). The van der Waals surface area contributed by atoms with Crippen LogP contribution in [-0.4, -0.2) is 83.3 Å². The summed E-state index contributed by atoms with van der Waals surface area (Å²) in [6.45, 7) is 9.35. The lowest BCUT2D eigenvalue weighted by Gasteiger charge is -2.40. The van der Waals surface area contributed by atoms with Gasteiger partial charge in [-0.05, 0) is 43.5 Å². The van der Waals surface area contributed by atoms with Crippen LogP contribution in [0.25, 0.3) is 0 Å². The number of methoxy groups -OCH3 is 1. The minimum absolute atomic E-state index is 0.147. The molecule has 7 atom stereocenters. The molecule has 37 heavy (non-hydrogen) atoms. The summed E-state index contributed by atoms with van der Waals surface area (Å²) in [6.07, 6.45) is 1.40. The SMILES string of the molecule is C=CCN(C(=O)[C@H]1N([C@@H](CO)C(C)C)C(=O)[C@@H]2[C@@H](C(=O)OCC)[C@@H]3O[C@@]21CC3Br)c1ccc(OC)cc1. The number of fused-ring (bicyclic) bond motifs is 1. The van der Waals surface area contributed by atoms with Crippen molar-refractivity contribution < 1.29 is 33.7 Å². The summed E-state index contributed by atoms with van der Waals surface area (Å²) in [5.74, 6) is -2.45. The predicted molar refractivity (Wildman–Crippen MR) is 140 cm³/mol. The lowest BCUT2D eigenvalue weighted by Crippen LogP contribution is -2.60. The summed E-state index contributed by atoms with van der Waals surface area (Å²) in [5, 5.41) is 10.3. The van der Waals surface area contributed by atoms with E-state index in [-0.39, 0.29) is 42.3 Å². The first-order chi connectivity index (χ1) is 17.7. The number of amides is 2. The first-order valence-corrected chi connectivity index (χ1v) is 13.6. The maximum absolute atomic E-state index is 14.5. The largest absolute Gasteiger partial charge is 0.497 e. The van der Waals surface area contributed by atoms with E-state index in [0.717, 1.165) is 0 Å². The van der Waals surface area contributed by atoms with E-state index >= 15 is 0 Å². The molecule has 3 fully saturated rings. The fourth-order valence-corrected chi connectivity index (χ4v) is 7.14. The maximum Gasteiger partial charge on any atom is 0.312 e. The Labute approximate surface area is 225 Å². The lowest BCUT2D eigenvalue weighted by atomic mass is 9.70. The number of anilines is 1. The zero-order valence-electron chi connectivity index (χ0n) is 21.6. The summed E-state index contributed by atoms with van der Waals surface area (Å²) < 4.78 is 17.1. The van der Waals surface area contributed by atoms with Crippen molar-refractivity contribution in [2.75, 3.05) is 31.8 Å². The monoisotopic (exact) mass is 578 g/mol. The molecule has 10 heteroatoms. The number of halogens is 1. The Kier molecular flexibility index (Phi) is 8.02. The molecule has 1 aromatic carbocycles. The van der Waals surface area contributed by atoms with E-state index in [9.17, 15) is 19.5 Å². The third-order valence-electron chi connectivity index (χ3n) is 7.80. The average Bonchev–Trinajstić information content (AvgIpc) is 3.46. The van der Waals surface area contributed by atoms with Crippen molar-refractivity contribution in [3.8, 4) is 5.75 Å². The number of carbonyl (C=O) groups excluding carboxylic acids is 3. The van der Waals surface area contributed by atoms with Gasteiger partial charge in [-0.1, -0.05) is 35.9 Å². The van der Waals surface area contributed by atoms with Crippen LogP contribution in [0.5, 0.6) is 5.75 Å². The van der Waals surface area contributed by atoms with E-state index in [0.29, 0.717) is 17.9 Å². The van der Waals surface area contributed by atoms with Crippen molar-refractivity contribution in [3.05, 3.63) is 36.9 Å². The van der Waals surface area contributed by atoms with Gasteiger partial charge in [0.25, 0.3) is 5.91 Å². The number of benzene rings is 1. The normalized spacial score (nSPS) is 30.8. The highest BCUT2D eigenvalue weighted by Crippen LogP contribution is 2.61. The Balaban J connectivity index is 1.84. The molecule has 3 saturated heterocycles. The topological polar surface area (TPSA) is 106 Å². The Bertz CT molecular complexity index is 1050. The number of rotatable bonds is 10. The third-order valence-corrected chi connectivity index (χ3v) is 8.64. The zero-order valence-corrected chi connectivity index (χ0v) is 23.2. The second-order valence-corrected chi connectivity index (χ2v) is 11.3. The van der Waals surface area contributed by atoms with Crippen molar-refractivity contribution >= 4 is 39.4 Å². The number of alkyl halides is 1. The van der Waals surface area contributed by atoms with Crippen molar-refractivity contribution in [2.45, 2.75) is 55.8 Å². The fraction of sp³-hybridized carbons (Fsp3) is 0.593. The van der Waals surface area contributed by atoms with Crippen LogP contribution in [-0.2, 0) is 23.9 Å². The Morgan fingerprint density at radius 1 is 1.35 bits per heavy atom. The summed E-state index contributed by atoms with van der Waals surface area (Å²) in [4.78, 5) is 44.5. The number of aliphatic hydroxyl groups is 1. The van der Waals surface area contributed by atoms with Gasteiger partial charge in [0.1, 0.15) is 17.4 Å². The van der Waals surface area contributed by atoms with Crippen LogP contribution in [0.4, 0.5) is 5.69 Å². The molecule has 9 nitrogen and oxygen atoms in total. The van der Waals surface area contributed by atoms with Crippen LogP contribution in [0.15, 0.2) is 36.9 Å². The number of ether oxygens (including phenoxy) is 3. The van der Waals surface area contributed by atoms with E-state index in [1.54, 1.807) is 49.3 Å². The van der Waals surface area contributed by atoms with Gasteiger partial charge in [0.15, 0.2) is 0 Å². The molecule has 3 aliphatic heterocycles. The molecule has 1 spiro atoms. The summed E-state index contributed by atoms with van der Waals surface area (Å²) in [5.41, 5.74) is -0.633. The van der Waals surface area contributed by atoms with E-state index in [1.165, 1.54) is 4.90 Å². The van der Waals surface area contributed by atoms with E-state index in [1.807, 2.05) is 13.8 Å². The summed E-state index contributed by atoms with van der Waals surface area (Å²) in [7, 11) is 1.56. The molecule has 0 radical (unpaired) electrons. The van der Waals surface area contributed by atoms with Gasteiger partial charge < -0.3 is 29.1 Å². The van der Waals surface area contributed by atoms with Gasteiger partial charge >= 0.3 is 5.97 Å². The highest BCUT2D eigenvalue weighted by molar-refractivity contribution is 9.09. The molecule has 0 saturated carbocycles. The smallest absolute Gasteiger partial charge is 0.312 e. The zero-order chi connectivity index (χ0) is 27.1. The molecule has 202 valence electrons. The van der Waals surface area contributed by atoms with Crippen LogP contribution >= 0.6 is 15.9 Å². The van der Waals surface area contributed by atoms with E-state index < -0.39 is 41.6 Å². The third kappa shape index (κ3) is 4.36. The number of nitrogens with zero attached hydrogens (tertiary/aromatic N) is 2. The molecular weight excluding hydrogens is 544 g/mol. The van der Waals surface area contributed by atoms with E-state index in [2.05, 4.69) is 22.5 Å². The quantitative estimate of drug-likeness (QED) is 0.258. The van der Waals surface area contributed by atoms with Crippen LogP contribution < -0.4 is 9.64 Å². The van der Waals surface area contributed by atoms with Crippen LogP contribution in [0.2, 0.25) is 0 Å². The summed E-state index contributed by atoms with van der Waals surface area (Å²) in [6, 6.07) is 5.36. The standard InChI is InChI=1S/C27H35BrN2O7/c1-6-12-29(16-8-10-17(35-5)11-9-16)25(33)23-27-13-18(28)22(37-27)20(26(34)36-7-2)21(27)24(32)30(23)19(14-31)15(3)4/h6,8-11,15,18-23,31H,1,7,12-14H2,2-5H3/t18?,19-,20+,21-,22+,23+,27-/m0/s1. The molecule has 2 amide bonds. The number of carbonyl (C=O) groups is 3. The van der Waals surface area contributed by atoms with Gasteiger partial charge in [0.05, 0.1) is 44.3 Å². The second kappa shape index (κ2) is 10.7. The van der Waals surface area contributed by atoms with Gasteiger partial charge in [-0.15, -0.1) is 6.58 Å². The molecular formula is C27H35BrN2O7. The minimum Gasteiger partial charge on any atom is -0.497 e. The predicted octanol–water partition coefficient (Wildman–Crippen LogP) is 2.54. The Hall–Kier alpha value is -2.43. The lowest BCUT2D eigenvalue weighted by molar-refractivity contribution is -0.155. The van der Waals surface area contributed by atoms with E-state index in [4.69, 9.17) is 14.2 Å². The van der Waals surface area contributed by atoms with Gasteiger partial charge in [0, 0.05) is 17.1 Å². The first-order valence-electron chi connectivity index (χ1n) is 12.6. The van der Waals surface area contributed by atoms with Crippen LogP contribution in [0.3, 0.4) is 0 Å². The average molecular weight is 579 g/mol. The van der Waals surface area contributed by atoms with Crippen LogP contribution in [0, 0.1) is 17.8 Å². The highest BCUT2D eigenvalue weighted by Gasteiger charge is 2.77. The Morgan fingerprint density at radius 3 is 2.57 bits per heavy atom. The second-order valence-electron chi connectivity index (χ2n) is 10.1. The van der Waals surface area contributed by atoms with Gasteiger partial charge in [-0.3, -0.25) is 14.4 Å². The van der Waals surface area contributed by atoms with Crippen molar-refractivity contribution in [3.63, 3.8) is 0 Å². The van der Waals surface area contributed by atoms with Crippen molar-refractivity contribution in [1.29, 1.82) is 0 Å². The molecule has 0 aromatic heterocycles. The maximum atomic E-state index is 14.5. The number of hydrogen-bond donors (Lipinski definition) is 1. The summed E-state index contributed by atoms with van der Waals surface area (Å²) >= 11 is 3.65. The minimum atomic E-state index is -1.24. The number of aliphatic hydroxyl groups excluding tert-OH is 1. The number of hydrogen-bond acceptors (Lipinski definition) is 7. The molecule has 2 bridgehead atoms. The molecule has 0 aliphatic carbocycles. The van der Waals surface area contributed by atoms with Gasteiger partial charge in [-0.2, -0.15) is 0 Å². The first kappa shape index (κ1) is 27.6. The number of likely N-dealkylation sites (tertiary alicyclic amines) is 1. The highest BCUT2D eigenvalue weighted by atomic mass is 79.9. The Morgan fingerprint density at radius 2 is 2.03 bits per heavy atom. The van der Waals surface area contributed by atoms with Gasteiger partial charge in [0.2, 0.25) is 5.91 Å². The fourth-order valence-electron chi connectivity index (χ4n) is 6.19.